The van der Waals surface area contributed by atoms with E-state index < -0.39 is 28.8 Å². The van der Waals surface area contributed by atoms with E-state index in [-0.39, 0.29) is 28.2 Å². The largest absolute Gasteiger partial charge is 0.465 e. The van der Waals surface area contributed by atoms with E-state index in [1.165, 1.54) is 18.2 Å². The highest BCUT2D eigenvalue weighted by Gasteiger charge is 2.32. The molecule has 0 fully saturated rings. The summed E-state index contributed by atoms with van der Waals surface area (Å²) in [6.07, 6.45) is -4.64. The summed E-state index contributed by atoms with van der Waals surface area (Å²) in [6, 6.07) is 8.70. The van der Waals surface area contributed by atoms with Crippen LogP contribution in [0.1, 0.15) is 21.5 Å². The zero-order chi connectivity index (χ0) is 20.6. The fourth-order valence-electron chi connectivity index (χ4n) is 2.86. The van der Waals surface area contributed by atoms with Crippen molar-refractivity contribution in [1.82, 2.24) is 4.57 Å². The topological polar surface area (TPSA) is 68.5 Å². The van der Waals surface area contributed by atoms with E-state index in [9.17, 15) is 27.9 Å². The summed E-state index contributed by atoms with van der Waals surface area (Å²) in [6.45, 7) is -0.341. The average molecular weight is 412 g/mol. The number of nitrogens with zero attached hydrogens (tertiary/aromatic N) is 1. The number of ether oxygens (including phenoxy) is 1. The van der Waals surface area contributed by atoms with Crippen LogP contribution in [0.2, 0.25) is 5.02 Å². The Kier molecular flexibility index (Phi) is 5.18. The number of alkyl halides is 3. The molecule has 3 rings (SSSR count). The van der Waals surface area contributed by atoms with Gasteiger partial charge in [-0.2, -0.15) is 13.2 Å². The predicted molar refractivity (Wildman–Crippen MR) is 96.8 cm³/mol. The van der Waals surface area contributed by atoms with Gasteiger partial charge in [-0.25, -0.2) is 4.79 Å². The van der Waals surface area contributed by atoms with E-state index >= 15 is 0 Å². The molecule has 9 heteroatoms. The van der Waals surface area contributed by atoms with Crippen LogP contribution in [-0.2, 0) is 17.5 Å². The molecule has 1 N–H and O–H groups in total. The van der Waals surface area contributed by atoms with Crippen molar-refractivity contribution >= 4 is 28.5 Å². The van der Waals surface area contributed by atoms with Gasteiger partial charge in [0.05, 0.1) is 29.8 Å². The van der Waals surface area contributed by atoms with Crippen LogP contribution in [0.15, 0.2) is 47.3 Å². The lowest BCUT2D eigenvalue weighted by Gasteiger charge is -2.16. The van der Waals surface area contributed by atoms with Crippen molar-refractivity contribution in [3.8, 4) is 5.69 Å². The molecule has 5 nitrogen and oxygen atoms in total. The van der Waals surface area contributed by atoms with E-state index in [4.69, 9.17) is 11.6 Å². The molecule has 0 bridgehead atoms. The number of benzene rings is 2. The van der Waals surface area contributed by atoms with Gasteiger partial charge in [-0.3, -0.25) is 9.36 Å². The minimum atomic E-state index is -4.64. The summed E-state index contributed by atoms with van der Waals surface area (Å²) in [4.78, 5) is 25.1. The van der Waals surface area contributed by atoms with E-state index in [1.54, 1.807) is 6.07 Å². The lowest BCUT2D eigenvalue weighted by atomic mass is 10.1. The van der Waals surface area contributed by atoms with Crippen LogP contribution in [0.3, 0.4) is 0 Å². The molecule has 146 valence electrons. The SMILES string of the molecule is COC(=O)c1c(Cl)c2ccc(C(F)(F)F)cc2n(-c2cccc(CO)c2)c1=O. The maximum absolute atomic E-state index is 13.2. The molecule has 0 aliphatic rings. The third-order valence-corrected chi connectivity index (χ3v) is 4.57. The summed E-state index contributed by atoms with van der Waals surface area (Å²) < 4.78 is 45.2. The van der Waals surface area contributed by atoms with E-state index in [2.05, 4.69) is 4.74 Å². The number of methoxy groups -OCH3 is 1. The first-order valence-electron chi connectivity index (χ1n) is 7.93. The first-order chi connectivity index (χ1) is 13.2. The van der Waals surface area contributed by atoms with E-state index in [1.807, 2.05) is 0 Å². The fourth-order valence-corrected chi connectivity index (χ4v) is 3.18. The summed E-state index contributed by atoms with van der Waals surface area (Å²) in [7, 11) is 1.06. The molecular formula is C19H13ClF3NO4. The van der Waals surface area contributed by atoms with Gasteiger partial charge in [-0.15, -0.1) is 0 Å². The Balaban J connectivity index is 2.50. The number of esters is 1. The predicted octanol–water partition coefficient (Wildman–Crippen LogP) is 3.94. The number of fused-ring (bicyclic) bond motifs is 1. The number of aliphatic hydroxyl groups is 1. The Labute approximate surface area is 161 Å². The van der Waals surface area contributed by atoms with Gasteiger partial charge in [-0.05, 0) is 29.8 Å². The molecule has 0 aliphatic carbocycles. The number of rotatable bonds is 3. The number of hydrogen-bond acceptors (Lipinski definition) is 4. The second-order valence-electron chi connectivity index (χ2n) is 5.88. The highest BCUT2D eigenvalue weighted by atomic mass is 35.5. The summed E-state index contributed by atoms with van der Waals surface area (Å²) in [5, 5.41) is 9.11. The van der Waals surface area contributed by atoms with Gasteiger partial charge in [0.1, 0.15) is 5.56 Å². The number of aromatic nitrogens is 1. The highest BCUT2D eigenvalue weighted by Crippen LogP contribution is 2.34. The fraction of sp³-hybridized carbons (Fsp3) is 0.158. The van der Waals surface area contributed by atoms with Crippen LogP contribution in [0, 0.1) is 0 Å². The molecular weight excluding hydrogens is 399 g/mol. The van der Waals surface area contributed by atoms with Crippen molar-refractivity contribution in [2.45, 2.75) is 12.8 Å². The Hall–Kier alpha value is -2.84. The lowest BCUT2D eigenvalue weighted by molar-refractivity contribution is -0.137. The molecule has 1 heterocycles. The number of aliphatic hydroxyl groups excluding tert-OH is 1. The quantitative estimate of drug-likeness (QED) is 0.663. The van der Waals surface area contributed by atoms with Gasteiger partial charge in [0.2, 0.25) is 0 Å². The zero-order valence-corrected chi connectivity index (χ0v) is 15.1. The molecule has 3 aromatic rings. The minimum absolute atomic E-state index is 0.0732. The zero-order valence-electron chi connectivity index (χ0n) is 14.4. The molecule has 0 radical (unpaired) electrons. The Morgan fingerprint density at radius 2 is 1.93 bits per heavy atom. The summed E-state index contributed by atoms with van der Waals surface area (Å²) in [5.74, 6) is -1.01. The van der Waals surface area contributed by atoms with Crippen molar-refractivity contribution in [1.29, 1.82) is 0 Å². The second kappa shape index (κ2) is 7.29. The van der Waals surface area contributed by atoms with Crippen LogP contribution < -0.4 is 5.56 Å². The molecule has 28 heavy (non-hydrogen) atoms. The van der Waals surface area contributed by atoms with Crippen LogP contribution in [0.4, 0.5) is 13.2 Å². The van der Waals surface area contributed by atoms with Crippen molar-refractivity contribution in [3.05, 3.63) is 74.5 Å². The molecule has 0 unspecified atom stereocenters. The lowest BCUT2D eigenvalue weighted by Crippen LogP contribution is -2.27. The monoisotopic (exact) mass is 411 g/mol. The minimum Gasteiger partial charge on any atom is -0.465 e. The summed E-state index contributed by atoms with van der Waals surface area (Å²) in [5.41, 5.74) is -1.94. The van der Waals surface area contributed by atoms with Crippen LogP contribution in [0.25, 0.3) is 16.6 Å². The van der Waals surface area contributed by atoms with Crippen molar-refractivity contribution in [2.75, 3.05) is 7.11 Å². The highest BCUT2D eigenvalue weighted by molar-refractivity contribution is 6.38. The van der Waals surface area contributed by atoms with Gasteiger partial charge in [0, 0.05) is 11.1 Å². The first kappa shape index (κ1) is 19.9. The van der Waals surface area contributed by atoms with Gasteiger partial charge in [0.25, 0.3) is 5.56 Å². The van der Waals surface area contributed by atoms with Crippen LogP contribution in [-0.4, -0.2) is 22.8 Å². The molecule has 0 spiro atoms. The van der Waals surface area contributed by atoms with Crippen molar-refractivity contribution in [3.63, 3.8) is 0 Å². The third-order valence-electron chi connectivity index (χ3n) is 4.18. The molecule has 2 aromatic carbocycles. The smallest absolute Gasteiger partial charge is 0.416 e. The maximum atomic E-state index is 13.2. The van der Waals surface area contributed by atoms with Crippen LogP contribution >= 0.6 is 11.6 Å². The van der Waals surface area contributed by atoms with Gasteiger partial charge in [0.15, 0.2) is 0 Å². The third kappa shape index (κ3) is 3.36. The van der Waals surface area contributed by atoms with Gasteiger partial charge >= 0.3 is 12.1 Å². The number of pyridine rings is 1. The number of hydrogen-bond donors (Lipinski definition) is 1. The number of carbonyl (C=O) groups is 1. The normalized spacial score (nSPS) is 11.6. The van der Waals surface area contributed by atoms with Gasteiger partial charge in [-0.1, -0.05) is 29.8 Å². The standard InChI is InChI=1S/C19H13ClF3NO4/c1-28-18(27)15-16(20)13-6-5-11(19(21,22)23)8-14(13)24(17(15)26)12-4-2-3-10(7-12)9-25/h2-8,25H,9H2,1H3. The van der Waals surface area contributed by atoms with Crippen molar-refractivity contribution in [2.24, 2.45) is 0 Å². The Morgan fingerprint density at radius 1 is 1.21 bits per heavy atom. The molecule has 0 saturated heterocycles. The number of halogens is 4. The molecule has 0 aliphatic heterocycles. The van der Waals surface area contributed by atoms with Crippen molar-refractivity contribution < 1.29 is 27.8 Å². The van der Waals surface area contributed by atoms with Crippen LogP contribution in [0.5, 0.6) is 0 Å². The summed E-state index contributed by atoms with van der Waals surface area (Å²) >= 11 is 6.17. The number of carbonyl (C=O) groups excluding carboxylic acids is 1. The molecule has 0 atom stereocenters. The molecule has 0 amide bonds. The van der Waals surface area contributed by atoms with E-state index in [0.29, 0.717) is 5.56 Å². The first-order valence-corrected chi connectivity index (χ1v) is 8.30. The van der Waals surface area contributed by atoms with E-state index in [0.717, 1.165) is 29.9 Å². The molecule has 0 saturated carbocycles. The second-order valence-corrected chi connectivity index (χ2v) is 6.26. The Bertz CT molecular complexity index is 1140. The van der Waals surface area contributed by atoms with Gasteiger partial charge < -0.3 is 9.84 Å². The Morgan fingerprint density at radius 3 is 2.54 bits per heavy atom. The maximum Gasteiger partial charge on any atom is 0.416 e. The average Bonchev–Trinajstić information content (AvgIpc) is 2.67. The molecule has 1 aromatic heterocycles.